The van der Waals surface area contributed by atoms with Crippen LogP contribution in [0.4, 0.5) is 5.69 Å². The van der Waals surface area contributed by atoms with Gasteiger partial charge in [-0.3, -0.25) is 14.4 Å². The van der Waals surface area contributed by atoms with Crippen LogP contribution in [0.15, 0.2) is 48.5 Å². The molecule has 1 fully saturated rings. The number of nitrogens with one attached hydrogen (secondary N) is 3. The molecule has 7 heteroatoms. The minimum Gasteiger partial charge on any atom is -0.376 e. The second kappa shape index (κ2) is 10.3. The maximum Gasteiger partial charge on any atom is 0.253 e. The van der Waals surface area contributed by atoms with Gasteiger partial charge in [0.25, 0.3) is 11.8 Å². The molecular formula is C25H32N4O3. The lowest BCUT2D eigenvalue weighted by atomic mass is 10.1. The van der Waals surface area contributed by atoms with Crippen molar-refractivity contribution in [3.05, 3.63) is 65.2 Å². The molecule has 1 aliphatic heterocycles. The van der Waals surface area contributed by atoms with Crippen LogP contribution in [0.5, 0.6) is 0 Å². The SMILES string of the molecule is CC(C)(C)NC(=O)c1ccccc1NCC(=O)NCc1ccc(C(=O)N2CCCC2)cc1. The molecule has 0 atom stereocenters. The van der Waals surface area contributed by atoms with Crippen molar-refractivity contribution >= 4 is 23.4 Å². The van der Waals surface area contributed by atoms with Crippen molar-refractivity contribution in [2.24, 2.45) is 0 Å². The summed E-state index contributed by atoms with van der Waals surface area (Å²) in [5.41, 5.74) is 2.34. The zero-order valence-electron chi connectivity index (χ0n) is 19.0. The predicted octanol–water partition coefficient (Wildman–Crippen LogP) is 3.18. The van der Waals surface area contributed by atoms with Crippen molar-refractivity contribution in [1.82, 2.24) is 15.5 Å². The molecule has 0 saturated carbocycles. The number of para-hydroxylation sites is 1. The molecule has 0 aromatic heterocycles. The summed E-state index contributed by atoms with van der Waals surface area (Å²) in [5.74, 6) is -0.311. The van der Waals surface area contributed by atoms with Gasteiger partial charge in [-0.15, -0.1) is 0 Å². The normalized spacial score (nSPS) is 13.5. The van der Waals surface area contributed by atoms with E-state index in [4.69, 9.17) is 0 Å². The molecule has 3 amide bonds. The second-order valence-corrected chi connectivity index (χ2v) is 9.08. The Bertz CT molecular complexity index is 958. The fraction of sp³-hybridized carbons (Fsp3) is 0.400. The third-order valence-electron chi connectivity index (χ3n) is 5.18. The van der Waals surface area contributed by atoms with Crippen LogP contribution >= 0.6 is 0 Å². The number of hydrogen-bond acceptors (Lipinski definition) is 4. The number of carbonyl (C=O) groups is 3. The molecular weight excluding hydrogens is 404 g/mol. The Morgan fingerprint density at radius 3 is 2.25 bits per heavy atom. The van der Waals surface area contributed by atoms with E-state index < -0.39 is 0 Å². The highest BCUT2D eigenvalue weighted by molar-refractivity contribution is 6.00. The Balaban J connectivity index is 1.50. The Hall–Kier alpha value is -3.35. The van der Waals surface area contributed by atoms with Crippen LogP contribution in [0.1, 0.15) is 59.9 Å². The molecule has 170 valence electrons. The van der Waals surface area contributed by atoms with Crippen molar-refractivity contribution < 1.29 is 14.4 Å². The first-order chi connectivity index (χ1) is 15.2. The lowest BCUT2D eigenvalue weighted by molar-refractivity contribution is -0.119. The highest BCUT2D eigenvalue weighted by Crippen LogP contribution is 2.16. The van der Waals surface area contributed by atoms with Crippen LogP contribution in [-0.2, 0) is 11.3 Å². The molecule has 2 aromatic carbocycles. The number of benzene rings is 2. The van der Waals surface area contributed by atoms with E-state index in [1.54, 1.807) is 18.2 Å². The standard InChI is InChI=1S/C25H32N4O3/c1-25(2,3)28-23(31)20-8-4-5-9-21(20)26-17-22(30)27-16-18-10-12-19(13-11-18)24(32)29-14-6-7-15-29/h4-5,8-13,26H,6-7,14-17H2,1-3H3,(H,27,30)(H,28,31). The number of rotatable bonds is 7. The number of likely N-dealkylation sites (tertiary alicyclic amines) is 1. The highest BCUT2D eigenvalue weighted by atomic mass is 16.2. The van der Waals surface area contributed by atoms with Crippen molar-refractivity contribution in [1.29, 1.82) is 0 Å². The van der Waals surface area contributed by atoms with Crippen molar-refractivity contribution in [3.63, 3.8) is 0 Å². The van der Waals surface area contributed by atoms with Gasteiger partial charge in [0.15, 0.2) is 0 Å². The third kappa shape index (κ3) is 6.57. The van der Waals surface area contributed by atoms with Crippen LogP contribution in [-0.4, -0.2) is 47.8 Å². The van der Waals surface area contributed by atoms with Gasteiger partial charge in [-0.05, 0) is 63.4 Å². The molecule has 2 aromatic rings. The minimum absolute atomic E-state index is 0.0470. The number of nitrogens with zero attached hydrogens (tertiary/aromatic N) is 1. The molecule has 0 spiro atoms. The van der Waals surface area contributed by atoms with E-state index in [9.17, 15) is 14.4 Å². The number of amides is 3. The van der Waals surface area contributed by atoms with Gasteiger partial charge in [0, 0.05) is 36.4 Å². The highest BCUT2D eigenvalue weighted by Gasteiger charge is 2.19. The van der Waals surface area contributed by atoms with Gasteiger partial charge < -0.3 is 20.9 Å². The Labute approximate surface area is 189 Å². The van der Waals surface area contributed by atoms with Gasteiger partial charge in [-0.1, -0.05) is 24.3 Å². The van der Waals surface area contributed by atoms with Crippen LogP contribution in [0.3, 0.4) is 0 Å². The van der Waals surface area contributed by atoms with E-state index in [2.05, 4.69) is 16.0 Å². The summed E-state index contributed by atoms with van der Waals surface area (Å²) in [5, 5.41) is 8.84. The van der Waals surface area contributed by atoms with E-state index in [-0.39, 0.29) is 29.8 Å². The second-order valence-electron chi connectivity index (χ2n) is 9.08. The van der Waals surface area contributed by atoms with Crippen molar-refractivity contribution in [2.75, 3.05) is 25.0 Å². The fourth-order valence-corrected chi connectivity index (χ4v) is 3.55. The summed E-state index contributed by atoms with van der Waals surface area (Å²) in [7, 11) is 0. The van der Waals surface area contributed by atoms with Crippen LogP contribution in [0.25, 0.3) is 0 Å². The fourth-order valence-electron chi connectivity index (χ4n) is 3.55. The first kappa shape index (κ1) is 23.3. The monoisotopic (exact) mass is 436 g/mol. The van der Waals surface area contributed by atoms with Crippen molar-refractivity contribution in [2.45, 2.75) is 45.7 Å². The van der Waals surface area contributed by atoms with E-state index in [0.29, 0.717) is 23.4 Å². The van der Waals surface area contributed by atoms with Crippen LogP contribution in [0.2, 0.25) is 0 Å². The van der Waals surface area contributed by atoms with Gasteiger partial charge >= 0.3 is 0 Å². The minimum atomic E-state index is -0.351. The van der Waals surface area contributed by atoms with E-state index >= 15 is 0 Å². The number of hydrogen-bond donors (Lipinski definition) is 3. The van der Waals surface area contributed by atoms with Gasteiger partial charge in [0.05, 0.1) is 12.1 Å². The topological polar surface area (TPSA) is 90.5 Å². The maximum atomic E-state index is 12.5. The van der Waals surface area contributed by atoms with Crippen molar-refractivity contribution in [3.8, 4) is 0 Å². The molecule has 0 unspecified atom stereocenters. The number of carbonyl (C=O) groups excluding carboxylic acids is 3. The molecule has 0 aliphatic carbocycles. The zero-order valence-corrected chi connectivity index (χ0v) is 19.0. The average molecular weight is 437 g/mol. The van der Waals surface area contributed by atoms with Gasteiger partial charge in [0.2, 0.25) is 5.91 Å². The summed E-state index contributed by atoms with van der Waals surface area (Å²) < 4.78 is 0. The zero-order chi connectivity index (χ0) is 23.1. The molecule has 0 bridgehead atoms. The van der Waals surface area contributed by atoms with Crippen LogP contribution < -0.4 is 16.0 Å². The Morgan fingerprint density at radius 1 is 0.938 bits per heavy atom. The molecule has 7 nitrogen and oxygen atoms in total. The summed E-state index contributed by atoms with van der Waals surface area (Å²) in [4.78, 5) is 39.1. The summed E-state index contributed by atoms with van der Waals surface area (Å²) in [6, 6.07) is 14.5. The smallest absolute Gasteiger partial charge is 0.253 e. The molecule has 3 rings (SSSR count). The molecule has 32 heavy (non-hydrogen) atoms. The van der Waals surface area contributed by atoms with Gasteiger partial charge in [-0.25, -0.2) is 0 Å². The van der Waals surface area contributed by atoms with E-state index in [0.717, 1.165) is 31.5 Å². The molecule has 1 heterocycles. The maximum absolute atomic E-state index is 12.5. The lowest BCUT2D eigenvalue weighted by Gasteiger charge is -2.21. The Morgan fingerprint density at radius 2 is 1.59 bits per heavy atom. The van der Waals surface area contributed by atoms with E-state index in [1.165, 1.54) is 0 Å². The summed E-state index contributed by atoms with van der Waals surface area (Å²) >= 11 is 0. The van der Waals surface area contributed by atoms with Gasteiger partial charge in [-0.2, -0.15) is 0 Å². The quantitative estimate of drug-likeness (QED) is 0.622. The predicted molar refractivity (Wildman–Crippen MR) is 126 cm³/mol. The van der Waals surface area contributed by atoms with E-state index in [1.807, 2.05) is 56.0 Å². The molecule has 0 radical (unpaired) electrons. The number of anilines is 1. The lowest BCUT2D eigenvalue weighted by Crippen LogP contribution is -2.41. The largest absolute Gasteiger partial charge is 0.376 e. The summed E-state index contributed by atoms with van der Waals surface area (Å²) in [6.07, 6.45) is 2.13. The average Bonchev–Trinajstić information content (AvgIpc) is 3.30. The first-order valence-electron chi connectivity index (χ1n) is 11.0. The Kier molecular flexibility index (Phi) is 7.51. The molecule has 3 N–H and O–H groups in total. The molecule has 1 aliphatic rings. The van der Waals surface area contributed by atoms with Gasteiger partial charge in [0.1, 0.15) is 0 Å². The van der Waals surface area contributed by atoms with Crippen LogP contribution in [0, 0.1) is 0 Å². The summed E-state index contributed by atoms with van der Waals surface area (Å²) in [6.45, 7) is 7.82. The first-order valence-corrected chi connectivity index (χ1v) is 11.0. The molecule has 1 saturated heterocycles. The third-order valence-corrected chi connectivity index (χ3v) is 5.18.